The van der Waals surface area contributed by atoms with E-state index in [1.54, 1.807) is 12.1 Å². The molecule has 1 aromatic carbocycles. The summed E-state index contributed by atoms with van der Waals surface area (Å²) in [5.41, 5.74) is 0.318. The van der Waals surface area contributed by atoms with Gasteiger partial charge in [-0.05, 0) is 50.6 Å². The van der Waals surface area contributed by atoms with Gasteiger partial charge in [0.25, 0.3) is 0 Å². The zero-order valence-electron chi connectivity index (χ0n) is 22.4. The van der Waals surface area contributed by atoms with E-state index in [4.69, 9.17) is 21.1 Å². The summed E-state index contributed by atoms with van der Waals surface area (Å²) >= 11 is 6.05. The zero-order chi connectivity index (χ0) is 26.4. The topological polar surface area (TPSA) is 74.3 Å². The van der Waals surface area contributed by atoms with Gasteiger partial charge in [-0.3, -0.25) is 9.69 Å². The SMILES string of the molecule is CN1CCN(C(=O)CC2(COc3ccc(Cl)cc3)CN(Cc3cnc(N4CCCCC4)nc3)CCO2)CC1. The van der Waals surface area contributed by atoms with Crippen molar-refractivity contribution in [1.29, 1.82) is 0 Å². The van der Waals surface area contributed by atoms with Crippen molar-refractivity contribution in [2.75, 3.05) is 77.5 Å². The third kappa shape index (κ3) is 7.14. The van der Waals surface area contributed by atoms with Gasteiger partial charge in [0, 0.05) is 81.9 Å². The highest BCUT2D eigenvalue weighted by atomic mass is 35.5. The molecule has 0 N–H and O–H groups in total. The molecule has 1 unspecified atom stereocenters. The fourth-order valence-electron chi connectivity index (χ4n) is 5.44. The molecule has 0 bridgehead atoms. The molecule has 1 amide bonds. The first-order valence-corrected chi connectivity index (χ1v) is 14.1. The molecular formula is C28H39ClN6O3. The number of anilines is 1. The van der Waals surface area contributed by atoms with Gasteiger partial charge in [0.1, 0.15) is 18.0 Å². The lowest BCUT2D eigenvalue weighted by Crippen LogP contribution is -2.58. The third-order valence-electron chi connectivity index (χ3n) is 7.71. The van der Waals surface area contributed by atoms with Crippen LogP contribution in [0.1, 0.15) is 31.2 Å². The molecule has 9 nitrogen and oxygen atoms in total. The molecule has 1 aromatic heterocycles. The van der Waals surface area contributed by atoms with Crippen molar-refractivity contribution in [2.24, 2.45) is 0 Å². The summed E-state index contributed by atoms with van der Waals surface area (Å²) in [6.07, 6.45) is 7.84. The molecule has 0 saturated carbocycles. The monoisotopic (exact) mass is 542 g/mol. The van der Waals surface area contributed by atoms with E-state index in [9.17, 15) is 4.79 Å². The minimum absolute atomic E-state index is 0.119. The van der Waals surface area contributed by atoms with Gasteiger partial charge in [0.2, 0.25) is 11.9 Å². The van der Waals surface area contributed by atoms with Crippen LogP contribution < -0.4 is 9.64 Å². The highest BCUT2D eigenvalue weighted by Crippen LogP contribution is 2.27. The van der Waals surface area contributed by atoms with Crippen molar-refractivity contribution in [2.45, 2.75) is 37.8 Å². The smallest absolute Gasteiger partial charge is 0.225 e. The highest BCUT2D eigenvalue weighted by molar-refractivity contribution is 6.30. The van der Waals surface area contributed by atoms with Crippen LogP contribution in [0.4, 0.5) is 5.95 Å². The van der Waals surface area contributed by atoms with E-state index < -0.39 is 5.60 Å². The number of ether oxygens (including phenoxy) is 2. The van der Waals surface area contributed by atoms with Gasteiger partial charge in [0.15, 0.2) is 0 Å². The number of hydrogen-bond acceptors (Lipinski definition) is 8. The summed E-state index contributed by atoms with van der Waals surface area (Å²) in [7, 11) is 2.09. The van der Waals surface area contributed by atoms with Crippen molar-refractivity contribution < 1.29 is 14.3 Å². The number of carbonyl (C=O) groups is 1. The molecular weight excluding hydrogens is 504 g/mol. The predicted molar refractivity (Wildman–Crippen MR) is 148 cm³/mol. The lowest BCUT2D eigenvalue weighted by atomic mass is 9.96. The second-order valence-corrected chi connectivity index (χ2v) is 11.2. The number of aromatic nitrogens is 2. The summed E-state index contributed by atoms with van der Waals surface area (Å²) in [6.45, 7) is 8.22. The number of benzene rings is 1. The summed E-state index contributed by atoms with van der Waals surface area (Å²) in [6, 6.07) is 7.31. The second kappa shape index (κ2) is 12.6. The molecule has 0 radical (unpaired) electrons. The number of likely N-dealkylation sites (N-methyl/N-ethyl adjacent to an activating group) is 1. The number of hydrogen-bond donors (Lipinski definition) is 0. The Labute approximate surface area is 230 Å². The molecule has 4 heterocycles. The molecule has 5 rings (SSSR count). The van der Waals surface area contributed by atoms with Gasteiger partial charge in [0.05, 0.1) is 13.0 Å². The Hall–Kier alpha value is -2.46. The van der Waals surface area contributed by atoms with Crippen LogP contribution in [-0.2, 0) is 16.1 Å². The number of amides is 1. The Morgan fingerprint density at radius 1 is 1.00 bits per heavy atom. The van der Waals surface area contributed by atoms with E-state index >= 15 is 0 Å². The minimum Gasteiger partial charge on any atom is -0.491 e. The molecule has 3 fully saturated rings. The fraction of sp³-hybridized carbons (Fsp3) is 0.607. The van der Waals surface area contributed by atoms with Gasteiger partial charge in [-0.1, -0.05) is 11.6 Å². The average Bonchev–Trinajstić information content (AvgIpc) is 2.94. The molecule has 0 aliphatic carbocycles. The van der Waals surface area contributed by atoms with Gasteiger partial charge in [-0.15, -0.1) is 0 Å². The number of carbonyl (C=O) groups excluding carboxylic acids is 1. The summed E-state index contributed by atoms with van der Waals surface area (Å²) in [4.78, 5) is 31.5. The molecule has 38 heavy (non-hydrogen) atoms. The van der Waals surface area contributed by atoms with Crippen LogP contribution in [-0.4, -0.2) is 109 Å². The molecule has 3 aliphatic rings. The first kappa shape index (κ1) is 27.1. The Morgan fingerprint density at radius 2 is 1.71 bits per heavy atom. The first-order chi connectivity index (χ1) is 18.5. The molecule has 1 atom stereocenters. The molecule has 0 spiro atoms. The minimum atomic E-state index is -0.743. The molecule has 206 valence electrons. The summed E-state index contributed by atoms with van der Waals surface area (Å²) in [5, 5.41) is 0.658. The lowest BCUT2D eigenvalue weighted by Gasteiger charge is -2.43. The van der Waals surface area contributed by atoms with Crippen LogP contribution in [0.25, 0.3) is 0 Å². The van der Waals surface area contributed by atoms with E-state index in [1.807, 2.05) is 29.4 Å². The Balaban J connectivity index is 1.26. The van der Waals surface area contributed by atoms with Crippen LogP contribution in [0.5, 0.6) is 5.75 Å². The predicted octanol–water partition coefficient (Wildman–Crippen LogP) is 2.93. The van der Waals surface area contributed by atoms with E-state index in [0.717, 1.165) is 57.3 Å². The van der Waals surface area contributed by atoms with Crippen molar-refractivity contribution in [3.63, 3.8) is 0 Å². The van der Waals surface area contributed by atoms with E-state index in [2.05, 4.69) is 31.7 Å². The zero-order valence-corrected chi connectivity index (χ0v) is 23.1. The summed E-state index contributed by atoms with van der Waals surface area (Å²) in [5.74, 6) is 1.65. The second-order valence-electron chi connectivity index (χ2n) is 10.8. The average molecular weight is 543 g/mol. The highest BCUT2D eigenvalue weighted by Gasteiger charge is 2.41. The number of nitrogens with zero attached hydrogens (tertiary/aromatic N) is 6. The van der Waals surface area contributed by atoms with E-state index in [1.165, 1.54) is 19.3 Å². The maximum absolute atomic E-state index is 13.4. The van der Waals surface area contributed by atoms with Gasteiger partial charge >= 0.3 is 0 Å². The third-order valence-corrected chi connectivity index (χ3v) is 7.96. The quantitative estimate of drug-likeness (QED) is 0.504. The van der Waals surface area contributed by atoms with E-state index in [-0.39, 0.29) is 18.9 Å². The molecule has 3 saturated heterocycles. The number of morpholine rings is 1. The van der Waals surface area contributed by atoms with Crippen LogP contribution >= 0.6 is 11.6 Å². The van der Waals surface area contributed by atoms with Crippen molar-refractivity contribution >= 4 is 23.5 Å². The van der Waals surface area contributed by atoms with Crippen LogP contribution in [0.3, 0.4) is 0 Å². The molecule has 3 aliphatic heterocycles. The normalized spacial score (nSPS) is 23.4. The number of piperidine rings is 1. The Kier molecular flexibility index (Phi) is 8.99. The summed E-state index contributed by atoms with van der Waals surface area (Å²) < 4.78 is 12.5. The maximum Gasteiger partial charge on any atom is 0.225 e. The first-order valence-electron chi connectivity index (χ1n) is 13.7. The van der Waals surface area contributed by atoms with Crippen LogP contribution in [0, 0.1) is 0 Å². The number of halogens is 1. The van der Waals surface area contributed by atoms with Crippen LogP contribution in [0.2, 0.25) is 5.02 Å². The molecule has 10 heteroatoms. The standard InChI is InChI=1S/C28H39ClN6O3/c1-32-11-13-34(14-12-32)26(36)17-28(22-37-25-7-5-24(29)6-8-25)21-33(15-16-38-28)20-23-18-30-27(31-19-23)35-9-3-2-4-10-35/h5-8,18-19H,2-4,9-17,20-22H2,1H3. The molecule has 2 aromatic rings. The van der Waals surface area contributed by atoms with Gasteiger partial charge in [-0.25, -0.2) is 9.97 Å². The Bertz CT molecular complexity index is 1040. The van der Waals surface area contributed by atoms with Crippen molar-refractivity contribution in [3.05, 3.63) is 47.2 Å². The lowest BCUT2D eigenvalue weighted by molar-refractivity contribution is -0.157. The van der Waals surface area contributed by atoms with Crippen molar-refractivity contribution in [1.82, 2.24) is 24.7 Å². The Morgan fingerprint density at radius 3 is 2.42 bits per heavy atom. The number of piperazine rings is 1. The number of rotatable bonds is 8. The largest absolute Gasteiger partial charge is 0.491 e. The van der Waals surface area contributed by atoms with Crippen molar-refractivity contribution in [3.8, 4) is 5.75 Å². The maximum atomic E-state index is 13.4. The fourth-order valence-corrected chi connectivity index (χ4v) is 5.56. The van der Waals surface area contributed by atoms with Crippen LogP contribution in [0.15, 0.2) is 36.7 Å². The van der Waals surface area contributed by atoms with Gasteiger partial charge < -0.3 is 24.2 Å². The van der Waals surface area contributed by atoms with Gasteiger partial charge in [-0.2, -0.15) is 0 Å². The van der Waals surface area contributed by atoms with E-state index in [0.29, 0.717) is 30.5 Å².